The molecule has 0 fully saturated rings. The zero-order chi connectivity index (χ0) is 19.8. The van der Waals surface area contributed by atoms with Gasteiger partial charge in [-0.2, -0.15) is 0 Å². The second kappa shape index (κ2) is 6.97. The van der Waals surface area contributed by atoms with Crippen molar-refractivity contribution in [1.82, 2.24) is 4.72 Å². The van der Waals surface area contributed by atoms with Crippen LogP contribution in [-0.4, -0.2) is 21.4 Å². The van der Waals surface area contributed by atoms with E-state index in [0.717, 1.165) is 36.4 Å². The summed E-state index contributed by atoms with van der Waals surface area (Å²) in [6.07, 6.45) is -4.87. The normalized spacial score (nSPS) is 17.1. The molecule has 0 unspecified atom stereocenters. The molecule has 0 aliphatic carbocycles. The molecular formula is C16H12F5NO4S. The summed E-state index contributed by atoms with van der Waals surface area (Å²) in [6, 6.07) is 4.11. The van der Waals surface area contributed by atoms with Crippen LogP contribution in [0.5, 0.6) is 11.5 Å². The Labute approximate surface area is 150 Å². The van der Waals surface area contributed by atoms with Crippen LogP contribution in [0.1, 0.15) is 18.0 Å². The molecule has 0 radical (unpaired) electrons. The van der Waals surface area contributed by atoms with Gasteiger partial charge in [-0.25, -0.2) is 21.9 Å². The molecule has 5 nitrogen and oxygen atoms in total. The molecule has 27 heavy (non-hydrogen) atoms. The predicted octanol–water partition coefficient (Wildman–Crippen LogP) is 3.67. The molecule has 0 saturated heterocycles. The van der Waals surface area contributed by atoms with Crippen LogP contribution in [0.2, 0.25) is 0 Å². The molecule has 2 aromatic rings. The molecule has 0 amide bonds. The smallest absolute Gasteiger partial charge is 0.490 e. The van der Waals surface area contributed by atoms with Crippen LogP contribution in [0.15, 0.2) is 41.3 Å². The molecule has 0 spiro atoms. The van der Waals surface area contributed by atoms with Gasteiger partial charge in [0.05, 0.1) is 23.1 Å². The van der Waals surface area contributed by atoms with Gasteiger partial charge in [0.25, 0.3) is 0 Å². The number of alkyl halides is 3. The summed E-state index contributed by atoms with van der Waals surface area (Å²) in [5, 5.41) is 0. The van der Waals surface area contributed by atoms with Crippen molar-refractivity contribution >= 4 is 10.0 Å². The number of halogens is 5. The number of fused-ring (bicyclic) bond motifs is 1. The van der Waals surface area contributed by atoms with E-state index < -0.39 is 39.8 Å². The minimum atomic E-state index is -4.91. The van der Waals surface area contributed by atoms with Crippen molar-refractivity contribution in [2.45, 2.75) is 23.7 Å². The Morgan fingerprint density at radius 2 is 1.67 bits per heavy atom. The Bertz CT molecular complexity index is 945. The van der Waals surface area contributed by atoms with Gasteiger partial charge in [0, 0.05) is 6.42 Å². The fraction of sp³-hybridized carbons (Fsp3) is 0.250. The standard InChI is InChI=1S/C16H12F5NO4S/c17-11-5-6-12(18)15-14(11)13(7-8-25-15)22-27(23,24)10-3-1-9(2-4-10)26-16(19,20)21/h1-6,13,22H,7-8H2/t13-/m0/s1. The molecule has 2 aromatic carbocycles. The van der Waals surface area contributed by atoms with Crippen LogP contribution in [0.4, 0.5) is 22.0 Å². The minimum Gasteiger partial charge on any atom is -0.490 e. The van der Waals surface area contributed by atoms with Crippen molar-refractivity contribution in [2.75, 3.05) is 6.61 Å². The average molecular weight is 409 g/mol. The van der Waals surface area contributed by atoms with Crippen LogP contribution in [0, 0.1) is 11.6 Å². The summed E-state index contributed by atoms with van der Waals surface area (Å²) in [5.74, 6) is -2.63. The van der Waals surface area contributed by atoms with Crippen LogP contribution < -0.4 is 14.2 Å². The van der Waals surface area contributed by atoms with Crippen molar-refractivity contribution in [2.24, 2.45) is 0 Å². The van der Waals surface area contributed by atoms with Crippen LogP contribution in [-0.2, 0) is 10.0 Å². The van der Waals surface area contributed by atoms with Gasteiger partial charge >= 0.3 is 6.36 Å². The van der Waals surface area contributed by atoms with Crippen molar-refractivity contribution in [3.63, 3.8) is 0 Å². The maximum atomic E-state index is 14.1. The lowest BCUT2D eigenvalue weighted by Crippen LogP contribution is -2.33. The number of hydrogen-bond acceptors (Lipinski definition) is 4. The predicted molar refractivity (Wildman–Crippen MR) is 82.7 cm³/mol. The third kappa shape index (κ3) is 4.30. The maximum absolute atomic E-state index is 14.1. The van der Waals surface area contributed by atoms with E-state index in [9.17, 15) is 30.4 Å². The highest BCUT2D eigenvalue weighted by Gasteiger charge is 2.33. The van der Waals surface area contributed by atoms with Gasteiger partial charge in [0.2, 0.25) is 10.0 Å². The topological polar surface area (TPSA) is 64.6 Å². The molecule has 0 saturated carbocycles. The number of ether oxygens (including phenoxy) is 2. The van der Waals surface area contributed by atoms with Gasteiger partial charge in [-0.05, 0) is 36.4 Å². The summed E-state index contributed by atoms with van der Waals surface area (Å²) >= 11 is 0. The van der Waals surface area contributed by atoms with Gasteiger partial charge in [-0.3, -0.25) is 0 Å². The second-order valence-corrected chi connectivity index (χ2v) is 7.32. The molecular weight excluding hydrogens is 397 g/mol. The molecule has 1 N–H and O–H groups in total. The van der Waals surface area contributed by atoms with E-state index in [4.69, 9.17) is 4.74 Å². The lowest BCUT2D eigenvalue weighted by Gasteiger charge is -2.27. The average Bonchev–Trinajstić information content (AvgIpc) is 2.57. The third-order valence-electron chi connectivity index (χ3n) is 3.76. The van der Waals surface area contributed by atoms with E-state index in [1.807, 2.05) is 0 Å². The molecule has 1 aliphatic heterocycles. The largest absolute Gasteiger partial charge is 0.573 e. The number of nitrogens with one attached hydrogen (secondary N) is 1. The molecule has 1 atom stereocenters. The molecule has 1 aliphatic rings. The Balaban J connectivity index is 1.85. The SMILES string of the molecule is O=S(=O)(N[C@H]1CCOc2c(F)ccc(F)c21)c1ccc(OC(F)(F)F)cc1. The van der Waals surface area contributed by atoms with Gasteiger partial charge in [-0.1, -0.05) is 0 Å². The van der Waals surface area contributed by atoms with E-state index in [0.29, 0.717) is 0 Å². The molecule has 11 heteroatoms. The van der Waals surface area contributed by atoms with Crippen molar-refractivity contribution < 1.29 is 39.8 Å². The number of benzene rings is 2. The van der Waals surface area contributed by atoms with Crippen LogP contribution >= 0.6 is 0 Å². The second-order valence-electron chi connectivity index (χ2n) is 5.60. The first kappa shape index (κ1) is 19.4. The summed E-state index contributed by atoms with van der Waals surface area (Å²) in [6.45, 7) is -0.0427. The lowest BCUT2D eigenvalue weighted by molar-refractivity contribution is -0.274. The number of rotatable bonds is 4. The van der Waals surface area contributed by atoms with Crippen LogP contribution in [0.3, 0.4) is 0 Å². The fourth-order valence-corrected chi connectivity index (χ4v) is 3.88. The van der Waals surface area contributed by atoms with Gasteiger partial charge in [0.1, 0.15) is 11.6 Å². The Morgan fingerprint density at radius 3 is 2.30 bits per heavy atom. The van der Waals surface area contributed by atoms with Crippen molar-refractivity contribution in [1.29, 1.82) is 0 Å². The van der Waals surface area contributed by atoms with Gasteiger partial charge in [0.15, 0.2) is 11.6 Å². The number of hydrogen-bond donors (Lipinski definition) is 1. The highest BCUT2D eigenvalue weighted by molar-refractivity contribution is 7.89. The minimum absolute atomic E-state index is 0.0427. The maximum Gasteiger partial charge on any atom is 0.573 e. The van der Waals surface area contributed by atoms with E-state index in [-0.39, 0.29) is 29.2 Å². The van der Waals surface area contributed by atoms with E-state index in [2.05, 4.69) is 9.46 Å². The van der Waals surface area contributed by atoms with Gasteiger partial charge in [-0.15, -0.1) is 13.2 Å². The van der Waals surface area contributed by atoms with Crippen molar-refractivity contribution in [3.05, 3.63) is 53.6 Å². The molecule has 0 bridgehead atoms. The Kier molecular flexibility index (Phi) is 5.00. The summed E-state index contributed by atoms with van der Waals surface area (Å²) in [7, 11) is -4.22. The quantitative estimate of drug-likeness (QED) is 0.783. The Hall–Kier alpha value is -2.40. The molecule has 146 valence electrons. The van der Waals surface area contributed by atoms with Crippen LogP contribution in [0.25, 0.3) is 0 Å². The third-order valence-corrected chi connectivity index (χ3v) is 5.25. The zero-order valence-electron chi connectivity index (χ0n) is 13.4. The summed E-state index contributed by atoms with van der Waals surface area (Å²) in [5.41, 5.74) is -0.262. The molecule has 1 heterocycles. The first-order valence-electron chi connectivity index (χ1n) is 7.56. The van der Waals surface area contributed by atoms with E-state index in [1.165, 1.54) is 0 Å². The first-order valence-corrected chi connectivity index (χ1v) is 9.04. The highest BCUT2D eigenvalue weighted by atomic mass is 32.2. The first-order chi connectivity index (χ1) is 12.6. The number of sulfonamides is 1. The lowest BCUT2D eigenvalue weighted by atomic mass is 10.0. The van der Waals surface area contributed by atoms with E-state index >= 15 is 0 Å². The van der Waals surface area contributed by atoms with E-state index in [1.54, 1.807) is 0 Å². The Morgan fingerprint density at radius 1 is 1.04 bits per heavy atom. The summed E-state index contributed by atoms with van der Waals surface area (Å²) in [4.78, 5) is -0.359. The summed E-state index contributed by atoms with van der Waals surface area (Å²) < 4.78 is 100. The molecule has 3 rings (SSSR count). The monoisotopic (exact) mass is 409 g/mol. The highest BCUT2D eigenvalue weighted by Crippen LogP contribution is 2.37. The molecule has 0 aromatic heterocycles. The zero-order valence-corrected chi connectivity index (χ0v) is 14.2. The van der Waals surface area contributed by atoms with Gasteiger partial charge < -0.3 is 9.47 Å². The fourth-order valence-electron chi connectivity index (χ4n) is 2.64. The van der Waals surface area contributed by atoms with Crippen molar-refractivity contribution in [3.8, 4) is 11.5 Å².